The summed E-state index contributed by atoms with van der Waals surface area (Å²) in [6, 6.07) is 14.9. The van der Waals surface area contributed by atoms with Crippen LogP contribution in [0.2, 0.25) is 0 Å². The summed E-state index contributed by atoms with van der Waals surface area (Å²) >= 11 is 0. The fraction of sp³-hybridized carbons (Fsp3) is 0.517. The van der Waals surface area contributed by atoms with Crippen molar-refractivity contribution >= 4 is 23.3 Å². The number of piperazine rings is 1. The molecule has 6 rings (SSSR count). The van der Waals surface area contributed by atoms with E-state index in [1.165, 1.54) is 5.69 Å². The van der Waals surface area contributed by atoms with Crippen molar-refractivity contribution in [2.45, 2.75) is 43.6 Å². The third-order valence-electron chi connectivity index (χ3n) is 8.02. The average molecular weight is 553 g/mol. The minimum atomic E-state index is -0.808. The van der Waals surface area contributed by atoms with Gasteiger partial charge in [0.15, 0.2) is 11.5 Å². The number of benzene rings is 2. The molecule has 3 fully saturated rings. The first-order valence-electron chi connectivity index (χ1n) is 14.0. The first kappa shape index (κ1) is 26.7. The molecule has 0 radical (unpaired) electrons. The smallest absolute Gasteiger partial charge is 0.322 e. The van der Waals surface area contributed by atoms with Crippen molar-refractivity contribution in [3.63, 3.8) is 0 Å². The number of nitrogens with one attached hydrogen (secondary N) is 1. The quantitative estimate of drug-likeness (QED) is 0.594. The number of aliphatic hydroxyl groups is 1. The minimum absolute atomic E-state index is 0.0933. The number of aliphatic hydroxyl groups excluding tert-OH is 1. The Morgan fingerprint density at radius 2 is 1.75 bits per heavy atom. The van der Waals surface area contributed by atoms with Crippen molar-refractivity contribution in [2.75, 3.05) is 62.9 Å². The molecule has 3 saturated heterocycles. The molecule has 3 amide bonds. The lowest BCUT2D eigenvalue weighted by Gasteiger charge is -2.44. The lowest BCUT2D eigenvalue weighted by molar-refractivity contribution is -0.154. The molecule has 0 bridgehead atoms. The molecule has 0 spiro atoms. The van der Waals surface area contributed by atoms with E-state index in [0.717, 1.165) is 13.1 Å². The van der Waals surface area contributed by atoms with Crippen molar-refractivity contribution in [1.29, 1.82) is 0 Å². The second kappa shape index (κ2) is 11.9. The molecule has 11 heteroatoms. The Balaban J connectivity index is 1.05. The topological polar surface area (TPSA) is 113 Å². The molecule has 2 N–H and O–H groups in total. The Morgan fingerprint density at radius 1 is 0.950 bits per heavy atom. The first-order chi connectivity index (χ1) is 19.5. The zero-order valence-electron chi connectivity index (χ0n) is 22.4. The Morgan fingerprint density at radius 3 is 2.58 bits per heavy atom. The summed E-state index contributed by atoms with van der Waals surface area (Å²) < 4.78 is 22.9. The van der Waals surface area contributed by atoms with Crippen LogP contribution in [0.5, 0.6) is 11.5 Å². The van der Waals surface area contributed by atoms with Gasteiger partial charge in [-0.1, -0.05) is 18.2 Å². The lowest BCUT2D eigenvalue weighted by Crippen LogP contribution is -2.58. The van der Waals surface area contributed by atoms with Crippen LogP contribution in [0, 0.1) is 0 Å². The van der Waals surface area contributed by atoms with Crippen molar-refractivity contribution < 1.29 is 33.6 Å². The highest BCUT2D eigenvalue weighted by Gasteiger charge is 2.40. The predicted molar refractivity (Wildman–Crippen MR) is 147 cm³/mol. The number of anilines is 2. The third-order valence-corrected chi connectivity index (χ3v) is 8.02. The Bertz CT molecular complexity index is 1190. The number of carbonyl (C=O) groups is 2. The Kier molecular flexibility index (Phi) is 7.94. The van der Waals surface area contributed by atoms with Crippen LogP contribution in [0.4, 0.5) is 16.2 Å². The molecule has 2 aromatic carbocycles. The van der Waals surface area contributed by atoms with Crippen molar-refractivity contribution in [2.24, 2.45) is 0 Å². The van der Waals surface area contributed by atoms with Gasteiger partial charge in [-0.2, -0.15) is 0 Å². The van der Waals surface area contributed by atoms with E-state index in [2.05, 4.69) is 22.3 Å². The van der Waals surface area contributed by atoms with Gasteiger partial charge in [-0.25, -0.2) is 4.79 Å². The summed E-state index contributed by atoms with van der Waals surface area (Å²) in [6.45, 7) is 3.59. The summed E-state index contributed by atoms with van der Waals surface area (Å²) in [5, 5.41) is 13.4. The fourth-order valence-corrected chi connectivity index (χ4v) is 5.92. The molecule has 40 heavy (non-hydrogen) atoms. The van der Waals surface area contributed by atoms with Crippen LogP contribution in [0.3, 0.4) is 0 Å². The van der Waals surface area contributed by atoms with Gasteiger partial charge in [0.05, 0.1) is 44.4 Å². The van der Waals surface area contributed by atoms with Crippen molar-refractivity contribution in [3.8, 4) is 11.5 Å². The molecule has 0 unspecified atom stereocenters. The van der Waals surface area contributed by atoms with Gasteiger partial charge in [0.25, 0.3) is 0 Å². The first-order valence-corrected chi connectivity index (χ1v) is 14.0. The Hall–Kier alpha value is -3.54. The standard InChI is InChI=1S/C29H36N4O7/c34-22-16-33(29(36)30-20-6-9-25-26(14-20)39-19-38-25)24-8-7-23(40-27(24)18-37-17-22)15-28(35)32-12-10-31(11-13-32)21-4-2-1-3-5-21/h1-6,9,14,22-24,27,34H,7-8,10-13,15-19H2,(H,30,36)/t22-,23+,24+,27-/m1/s1. The maximum Gasteiger partial charge on any atom is 0.322 e. The zero-order chi connectivity index (χ0) is 27.5. The lowest BCUT2D eigenvalue weighted by atomic mass is 9.94. The van der Waals surface area contributed by atoms with Crippen LogP contribution in [0.25, 0.3) is 0 Å². The summed E-state index contributed by atoms with van der Waals surface area (Å²) in [4.78, 5) is 32.4. The number of ether oxygens (including phenoxy) is 4. The molecular weight excluding hydrogens is 516 g/mol. The molecular formula is C29H36N4O7. The Labute approximate surface area is 233 Å². The van der Waals surface area contributed by atoms with Gasteiger partial charge in [-0.05, 0) is 37.1 Å². The van der Waals surface area contributed by atoms with Gasteiger partial charge in [0.1, 0.15) is 6.10 Å². The second-order valence-corrected chi connectivity index (χ2v) is 10.7. The third kappa shape index (κ3) is 5.96. The molecule has 4 atom stereocenters. The highest BCUT2D eigenvalue weighted by Crippen LogP contribution is 2.35. The van der Waals surface area contributed by atoms with Crippen LogP contribution in [0.15, 0.2) is 48.5 Å². The predicted octanol–water partition coefficient (Wildman–Crippen LogP) is 2.30. The van der Waals surface area contributed by atoms with Gasteiger partial charge >= 0.3 is 6.03 Å². The van der Waals surface area contributed by atoms with Crippen LogP contribution in [0.1, 0.15) is 19.3 Å². The number of amides is 3. The number of rotatable bonds is 4. The van der Waals surface area contributed by atoms with Gasteiger partial charge < -0.3 is 44.1 Å². The molecule has 2 aromatic rings. The largest absolute Gasteiger partial charge is 0.454 e. The van der Waals surface area contributed by atoms with E-state index in [1.54, 1.807) is 23.1 Å². The summed E-state index contributed by atoms with van der Waals surface area (Å²) in [7, 11) is 0. The molecule has 4 aliphatic heterocycles. The number of hydrogen-bond donors (Lipinski definition) is 2. The molecule has 11 nitrogen and oxygen atoms in total. The van der Waals surface area contributed by atoms with E-state index >= 15 is 0 Å². The van der Waals surface area contributed by atoms with Crippen LogP contribution >= 0.6 is 0 Å². The number of para-hydroxylation sites is 1. The average Bonchev–Trinajstić information content (AvgIpc) is 3.44. The monoisotopic (exact) mass is 552 g/mol. The van der Waals surface area contributed by atoms with E-state index < -0.39 is 12.2 Å². The summed E-state index contributed by atoms with van der Waals surface area (Å²) in [6.07, 6.45) is 0.151. The molecule has 214 valence electrons. The van der Waals surface area contributed by atoms with Crippen LogP contribution in [-0.2, 0) is 14.3 Å². The number of hydrogen-bond acceptors (Lipinski definition) is 8. The van der Waals surface area contributed by atoms with E-state index in [4.69, 9.17) is 18.9 Å². The van der Waals surface area contributed by atoms with Gasteiger partial charge in [-0.3, -0.25) is 4.79 Å². The minimum Gasteiger partial charge on any atom is -0.454 e. The molecule has 0 aromatic heterocycles. The SMILES string of the molecule is O=C(C[C@@H]1CC[C@H]2[C@@H](COC[C@H](O)CN2C(=O)Nc2ccc3c(c2)OCO3)O1)N1CCN(c2ccccc2)CC1. The normalized spacial score (nSPS) is 26.5. The number of urea groups is 1. The number of fused-ring (bicyclic) bond motifs is 2. The number of nitrogens with zero attached hydrogens (tertiary/aromatic N) is 3. The van der Waals surface area contributed by atoms with Gasteiger partial charge in [0.2, 0.25) is 12.7 Å². The maximum absolute atomic E-state index is 13.4. The van der Waals surface area contributed by atoms with Crippen LogP contribution < -0.4 is 19.7 Å². The summed E-state index contributed by atoms with van der Waals surface area (Å²) in [5.74, 6) is 1.30. The molecule has 4 heterocycles. The van der Waals surface area contributed by atoms with Crippen molar-refractivity contribution in [1.82, 2.24) is 9.80 Å². The highest BCUT2D eigenvalue weighted by molar-refractivity contribution is 5.90. The second-order valence-electron chi connectivity index (χ2n) is 10.7. The van der Waals surface area contributed by atoms with E-state index in [9.17, 15) is 14.7 Å². The van der Waals surface area contributed by atoms with E-state index in [1.807, 2.05) is 23.1 Å². The van der Waals surface area contributed by atoms with Gasteiger partial charge in [-0.15, -0.1) is 0 Å². The fourth-order valence-electron chi connectivity index (χ4n) is 5.92. The van der Waals surface area contributed by atoms with Gasteiger partial charge in [0, 0.05) is 43.6 Å². The zero-order valence-corrected chi connectivity index (χ0v) is 22.4. The highest BCUT2D eigenvalue weighted by atomic mass is 16.7. The number of carbonyl (C=O) groups excluding carboxylic acids is 2. The van der Waals surface area contributed by atoms with E-state index in [-0.39, 0.29) is 50.6 Å². The van der Waals surface area contributed by atoms with Crippen molar-refractivity contribution in [3.05, 3.63) is 48.5 Å². The summed E-state index contributed by atoms with van der Waals surface area (Å²) in [5.41, 5.74) is 1.75. The van der Waals surface area contributed by atoms with Crippen LogP contribution in [-0.4, -0.2) is 104 Å². The molecule has 0 saturated carbocycles. The molecule has 4 aliphatic rings. The van der Waals surface area contributed by atoms with E-state index in [0.29, 0.717) is 49.5 Å². The number of β-amino-alcohol motifs (C(OH)–C–C–N with tert-alkyl or cyclic N) is 1. The molecule has 0 aliphatic carbocycles. The maximum atomic E-state index is 13.4.